The van der Waals surface area contributed by atoms with Crippen LogP contribution in [0.1, 0.15) is 0 Å². The fourth-order valence-electron chi connectivity index (χ4n) is 3.46. The van der Waals surface area contributed by atoms with Gasteiger partial charge in [0.25, 0.3) is 0 Å². The summed E-state index contributed by atoms with van der Waals surface area (Å²) >= 11 is 6.21. The van der Waals surface area contributed by atoms with Crippen molar-refractivity contribution in [1.29, 1.82) is 0 Å². The third kappa shape index (κ3) is 4.93. The number of piperazine rings is 1. The Labute approximate surface area is 202 Å². The Morgan fingerprint density at radius 3 is 1.53 bits per heavy atom. The van der Waals surface area contributed by atoms with Crippen LogP contribution in [-0.4, -0.2) is 69.3 Å². The predicted octanol–water partition coefficient (Wildman–Crippen LogP) is 4.46. The number of hydrogen-bond donors (Lipinski definition) is 0. The molecule has 4 aromatic rings. The van der Waals surface area contributed by atoms with Crippen molar-refractivity contribution in [1.82, 2.24) is 19.8 Å². The fourth-order valence-corrected chi connectivity index (χ4v) is 7.40. The number of rotatable bonds is 6. The third-order valence-corrected chi connectivity index (χ3v) is 9.50. The SMILES string of the molecule is O=C(CSc1nc2ccccc2s1)N1CCN(C(=O)CSc2nc3ccccc3s2)CC1. The van der Waals surface area contributed by atoms with E-state index in [4.69, 9.17) is 0 Å². The van der Waals surface area contributed by atoms with Gasteiger partial charge in [-0.05, 0) is 24.3 Å². The maximum Gasteiger partial charge on any atom is 0.233 e. The van der Waals surface area contributed by atoms with Gasteiger partial charge in [0.05, 0.1) is 31.9 Å². The highest BCUT2D eigenvalue weighted by Gasteiger charge is 2.24. The number of para-hydroxylation sites is 2. The Kier molecular flexibility index (Phi) is 6.63. The number of nitrogens with zero attached hydrogens (tertiary/aromatic N) is 4. The van der Waals surface area contributed by atoms with Crippen LogP contribution in [0.3, 0.4) is 0 Å². The molecule has 2 amide bonds. The molecule has 1 aliphatic heterocycles. The van der Waals surface area contributed by atoms with Crippen molar-refractivity contribution in [2.45, 2.75) is 8.68 Å². The minimum atomic E-state index is 0.102. The Balaban J connectivity index is 1.07. The van der Waals surface area contributed by atoms with Gasteiger partial charge in [-0.3, -0.25) is 9.59 Å². The topological polar surface area (TPSA) is 66.4 Å². The number of hydrogen-bond acceptors (Lipinski definition) is 8. The molecule has 164 valence electrons. The fraction of sp³-hybridized carbons (Fsp3) is 0.273. The number of fused-ring (bicyclic) bond motifs is 2. The number of carbonyl (C=O) groups excluding carboxylic acids is 2. The standard InChI is InChI=1S/C22H20N4O2S4/c27-19(13-29-21-23-15-5-1-3-7-17(15)31-21)25-9-11-26(12-10-25)20(28)14-30-22-24-16-6-2-4-8-18(16)32-22/h1-8H,9-14H2. The van der Waals surface area contributed by atoms with Gasteiger partial charge >= 0.3 is 0 Å². The van der Waals surface area contributed by atoms with Crippen molar-refractivity contribution in [3.05, 3.63) is 48.5 Å². The van der Waals surface area contributed by atoms with Gasteiger partial charge in [-0.25, -0.2) is 9.97 Å². The van der Waals surface area contributed by atoms with Crippen LogP contribution in [0.5, 0.6) is 0 Å². The quantitative estimate of drug-likeness (QED) is 0.364. The lowest BCUT2D eigenvalue weighted by Gasteiger charge is -2.34. The average Bonchev–Trinajstić information content (AvgIpc) is 3.44. The highest BCUT2D eigenvalue weighted by Crippen LogP contribution is 2.30. The average molecular weight is 501 g/mol. The lowest BCUT2D eigenvalue weighted by molar-refractivity contribution is -0.136. The molecule has 1 fully saturated rings. The number of benzene rings is 2. The van der Waals surface area contributed by atoms with E-state index in [1.807, 2.05) is 58.3 Å². The molecule has 6 nitrogen and oxygen atoms in total. The molecule has 32 heavy (non-hydrogen) atoms. The molecule has 0 radical (unpaired) electrons. The summed E-state index contributed by atoms with van der Waals surface area (Å²) in [5, 5.41) is 0. The van der Waals surface area contributed by atoms with Gasteiger partial charge in [0, 0.05) is 26.2 Å². The zero-order chi connectivity index (χ0) is 21.9. The second-order valence-corrected chi connectivity index (χ2v) is 11.7. The summed E-state index contributed by atoms with van der Waals surface area (Å²) in [5.41, 5.74) is 1.95. The molecule has 0 saturated carbocycles. The van der Waals surface area contributed by atoms with Gasteiger partial charge in [-0.2, -0.15) is 0 Å². The molecule has 10 heteroatoms. The zero-order valence-electron chi connectivity index (χ0n) is 17.1. The number of thiazole rings is 2. The van der Waals surface area contributed by atoms with E-state index in [1.54, 1.807) is 22.7 Å². The molecule has 1 aliphatic rings. The summed E-state index contributed by atoms with van der Waals surface area (Å²) in [5.74, 6) is 0.957. The van der Waals surface area contributed by atoms with Crippen molar-refractivity contribution in [3.63, 3.8) is 0 Å². The molecule has 2 aromatic carbocycles. The van der Waals surface area contributed by atoms with E-state index in [0.717, 1.165) is 29.1 Å². The summed E-state index contributed by atoms with van der Waals surface area (Å²) in [6.07, 6.45) is 0. The molecule has 0 atom stereocenters. The predicted molar refractivity (Wildman–Crippen MR) is 134 cm³/mol. The summed E-state index contributed by atoms with van der Waals surface area (Å²) in [6.45, 7) is 2.32. The van der Waals surface area contributed by atoms with Crippen LogP contribution < -0.4 is 0 Å². The molecule has 1 saturated heterocycles. The van der Waals surface area contributed by atoms with Crippen LogP contribution in [0, 0.1) is 0 Å². The molecule has 5 rings (SSSR count). The van der Waals surface area contributed by atoms with Crippen LogP contribution in [0.2, 0.25) is 0 Å². The van der Waals surface area contributed by atoms with Gasteiger partial charge in [0.1, 0.15) is 0 Å². The maximum absolute atomic E-state index is 12.6. The molecular formula is C22H20N4O2S4. The van der Waals surface area contributed by atoms with E-state index in [-0.39, 0.29) is 11.8 Å². The molecular weight excluding hydrogens is 481 g/mol. The molecule has 0 bridgehead atoms. The summed E-state index contributed by atoms with van der Waals surface area (Å²) < 4.78 is 4.11. The van der Waals surface area contributed by atoms with E-state index in [9.17, 15) is 9.59 Å². The van der Waals surface area contributed by atoms with Gasteiger partial charge < -0.3 is 9.80 Å². The number of aromatic nitrogens is 2. The first kappa shape index (κ1) is 21.7. The Hall–Kier alpha value is -2.14. The lowest BCUT2D eigenvalue weighted by Crippen LogP contribution is -2.51. The molecule has 0 spiro atoms. The zero-order valence-corrected chi connectivity index (χ0v) is 20.4. The maximum atomic E-state index is 12.6. The van der Waals surface area contributed by atoms with Crippen molar-refractivity contribution in [3.8, 4) is 0 Å². The Morgan fingerprint density at radius 1 is 0.719 bits per heavy atom. The van der Waals surface area contributed by atoms with E-state index < -0.39 is 0 Å². The second kappa shape index (κ2) is 9.78. The van der Waals surface area contributed by atoms with Crippen LogP contribution in [0.15, 0.2) is 57.2 Å². The summed E-state index contributed by atoms with van der Waals surface area (Å²) in [6, 6.07) is 16.0. The number of thioether (sulfide) groups is 2. The van der Waals surface area contributed by atoms with Gasteiger partial charge in [-0.15, -0.1) is 22.7 Å². The first-order valence-electron chi connectivity index (χ1n) is 10.2. The number of carbonyl (C=O) groups is 2. The minimum Gasteiger partial charge on any atom is -0.338 e. The summed E-state index contributed by atoms with van der Waals surface area (Å²) in [4.78, 5) is 38.1. The van der Waals surface area contributed by atoms with Crippen molar-refractivity contribution < 1.29 is 9.59 Å². The van der Waals surface area contributed by atoms with Crippen LogP contribution in [-0.2, 0) is 9.59 Å². The van der Waals surface area contributed by atoms with E-state index in [1.165, 1.54) is 23.5 Å². The van der Waals surface area contributed by atoms with Crippen LogP contribution >= 0.6 is 46.2 Å². The van der Waals surface area contributed by atoms with Gasteiger partial charge in [-0.1, -0.05) is 47.8 Å². The molecule has 0 aliphatic carbocycles. The largest absolute Gasteiger partial charge is 0.338 e. The van der Waals surface area contributed by atoms with Crippen LogP contribution in [0.4, 0.5) is 0 Å². The Morgan fingerprint density at radius 2 is 1.12 bits per heavy atom. The number of amides is 2. The van der Waals surface area contributed by atoms with Gasteiger partial charge in [0.2, 0.25) is 11.8 Å². The van der Waals surface area contributed by atoms with Crippen molar-refractivity contribution in [2.75, 3.05) is 37.7 Å². The molecule has 0 N–H and O–H groups in total. The first-order valence-corrected chi connectivity index (χ1v) is 13.8. The highest BCUT2D eigenvalue weighted by molar-refractivity contribution is 8.02. The first-order chi connectivity index (χ1) is 15.7. The molecule has 0 unspecified atom stereocenters. The highest BCUT2D eigenvalue weighted by atomic mass is 32.2. The van der Waals surface area contributed by atoms with E-state index >= 15 is 0 Å². The van der Waals surface area contributed by atoms with Crippen molar-refractivity contribution in [2.24, 2.45) is 0 Å². The smallest absolute Gasteiger partial charge is 0.233 e. The van der Waals surface area contributed by atoms with Crippen molar-refractivity contribution >= 4 is 78.4 Å². The van der Waals surface area contributed by atoms with Crippen LogP contribution in [0.25, 0.3) is 20.4 Å². The van der Waals surface area contributed by atoms with E-state index in [0.29, 0.717) is 37.7 Å². The Bertz CT molecular complexity index is 1100. The van der Waals surface area contributed by atoms with Gasteiger partial charge in [0.15, 0.2) is 8.68 Å². The lowest BCUT2D eigenvalue weighted by atomic mass is 10.3. The third-order valence-electron chi connectivity index (χ3n) is 5.17. The monoisotopic (exact) mass is 500 g/mol. The second-order valence-electron chi connectivity index (χ2n) is 7.23. The summed E-state index contributed by atoms with van der Waals surface area (Å²) in [7, 11) is 0. The normalized spacial score (nSPS) is 14.4. The molecule has 3 heterocycles. The minimum absolute atomic E-state index is 0.102. The van der Waals surface area contributed by atoms with E-state index in [2.05, 4.69) is 9.97 Å². The molecule has 2 aromatic heterocycles.